The van der Waals surface area contributed by atoms with Crippen LogP contribution >= 0.6 is 0 Å². The molecule has 0 atom stereocenters. The van der Waals surface area contributed by atoms with Crippen molar-refractivity contribution >= 4 is 16.0 Å². The second kappa shape index (κ2) is 9.27. The van der Waals surface area contributed by atoms with Gasteiger partial charge in [0.25, 0.3) is 0 Å². The lowest BCUT2D eigenvalue weighted by Gasteiger charge is -2.12. The van der Waals surface area contributed by atoms with Crippen LogP contribution in [0.15, 0.2) is 53.6 Å². The van der Waals surface area contributed by atoms with Crippen molar-refractivity contribution in [2.45, 2.75) is 18.7 Å². The molecule has 1 aromatic carbocycles. The Bertz CT molecular complexity index is 1150. The van der Waals surface area contributed by atoms with Crippen molar-refractivity contribution in [2.24, 2.45) is 0 Å². The van der Waals surface area contributed by atoms with E-state index in [1.807, 2.05) is 19.9 Å². The Balaban J connectivity index is 1.50. The molecule has 164 valence electrons. The van der Waals surface area contributed by atoms with Gasteiger partial charge in [0.05, 0.1) is 16.2 Å². The van der Waals surface area contributed by atoms with Crippen molar-refractivity contribution < 1.29 is 22.7 Å². The highest BCUT2D eigenvalue weighted by atomic mass is 32.2. The number of ether oxygens (including phenoxy) is 2. The molecular formula is C21H24N4O5S. The van der Waals surface area contributed by atoms with Gasteiger partial charge in [-0.1, -0.05) is 0 Å². The Morgan fingerprint density at radius 3 is 2.32 bits per heavy atom. The first-order valence-corrected chi connectivity index (χ1v) is 10.9. The fourth-order valence-electron chi connectivity index (χ4n) is 2.79. The van der Waals surface area contributed by atoms with Crippen LogP contribution in [0.5, 0.6) is 5.75 Å². The van der Waals surface area contributed by atoms with Crippen molar-refractivity contribution in [1.29, 1.82) is 0 Å². The molecular weight excluding hydrogens is 420 g/mol. The molecule has 9 nitrogen and oxygen atoms in total. The molecule has 0 radical (unpaired) electrons. The van der Waals surface area contributed by atoms with Gasteiger partial charge in [-0.3, -0.25) is 0 Å². The van der Waals surface area contributed by atoms with Crippen molar-refractivity contribution in [2.75, 3.05) is 27.3 Å². The van der Waals surface area contributed by atoms with E-state index in [2.05, 4.69) is 10.1 Å². The minimum atomic E-state index is -3.49. The van der Waals surface area contributed by atoms with E-state index in [0.717, 1.165) is 15.7 Å². The maximum atomic E-state index is 12.2. The van der Waals surface area contributed by atoms with E-state index < -0.39 is 16.0 Å². The largest absolute Gasteiger partial charge is 0.490 e. The summed E-state index contributed by atoms with van der Waals surface area (Å²) in [6.45, 7) is 3.99. The number of aromatic nitrogens is 3. The van der Waals surface area contributed by atoms with Crippen molar-refractivity contribution in [1.82, 2.24) is 19.1 Å². The molecule has 0 unspecified atom stereocenters. The number of sulfonamides is 1. The number of carbonyl (C=O) groups is 1. The maximum Gasteiger partial charge on any atom is 0.339 e. The molecule has 0 saturated carbocycles. The Morgan fingerprint density at radius 2 is 1.77 bits per heavy atom. The van der Waals surface area contributed by atoms with Gasteiger partial charge >= 0.3 is 5.97 Å². The first-order chi connectivity index (χ1) is 14.7. The smallest absolute Gasteiger partial charge is 0.339 e. The predicted molar refractivity (Wildman–Crippen MR) is 114 cm³/mol. The topological polar surface area (TPSA) is 104 Å². The number of hydrogen-bond donors (Lipinski definition) is 0. The highest BCUT2D eigenvalue weighted by Gasteiger charge is 2.16. The van der Waals surface area contributed by atoms with E-state index in [0.29, 0.717) is 17.1 Å². The van der Waals surface area contributed by atoms with Crippen molar-refractivity contribution in [3.63, 3.8) is 0 Å². The van der Waals surface area contributed by atoms with Gasteiger partial charge in [-0.25, -0.2) is 27.2 Å². The standard InChI is InChI=1S/C21H24N4O5S/c1-15-13-16(2)25(23-15)20-10-5-17(14-22-20)21(26)30-12-11-29-18-6-8-19(9-7-18)31(27,28)24(3)4/h5-10,13-14H,11-12H2,1-4H3. The first-order valence-electron chi connectivity index (χ1n) is 9.50. The highest BCUT2D eigenvalue weighted by Crippen LogP contribution is 2.18. The fraction of sp³-hybridized carbons (Fsp3) is 0.286. The van der Waals surface area contributed by atoms with E-state index in [4.69, 9.17) is 9.47 Å². The maximum absolute atomic E-state index is 12.2. The summed E-state index contributed by atoms with van der Waals surface area (Å²) >= 11 is 0. The lowest BCUT2D eigenvalue weighted by atomic mass is 10.3. The second-order valence-corrected chi connectivity index (χ2v) is 9.14. The zero-order chi connectivity index (χ0) is 22.6. The van der Waals surface area contributed by atoms with Crippen LogP contribution in [0.4, 0.5) is 0 Å². The summed E-state index contributed by atoms with van der Waals surface area (Å²) in [6.07, 6.45) is 1.44. The SMILES string of the molecule is Cc1cc(C)n(-c2ccc(C(=O)OCCOc3ccc(S(=O)(=O)N(C)C)cc3)cn2)n1. The molecule has 31 heavy (non-hydrogen) atoms. The summed E-state index contributed by atoms with van der Waals surface area (Å²) in [5.74, 6) is 0.582. The van der Waals surface area contributed by atoms with Crippen LogP contribution in [-0.4, -0.2) is 60.8 Å². The quantitative estimate of drug-likeness (QED) is 0.388. The monoisotopic (exact) mass is 444 g/mol. The summed E-state index contributed by atoms with van der Waals surface area (Å²) in [7, 11) is -0.548. The molecule has 0 aliphatic carbocycles. The predicted octanol–water partition coefficient (Wildman–Crippen LogP) is 2.37. The first kappa shape index (κ1) is 22.4. The van der Waals surface area contributed by atoms with E-state index >= 15 is 0 Å². The second-order valence-electron chi connectivity index (χ2n) is 6.99. The van der Waals surface area contributed by atoms with Gasteiger partial charge < -0.3 is 9.47 Å². The Hall–Kier alpha value is -3.24. The molecule has 3 rings (SSSR count). The highest BCUT2D eigenvalue weighted by molar-refractivity contribution is 7.89. The third-order valence-corrected chi connectivity index (χ3v) is 6.23. The molecule has 2 aromatic heterocycles. The molecule has 0 aliphatic heterocycles. The van der Waals surface area contributed by atoms with E-state index in [1.54, 1.807) is 28.9 Å². The van der Waals surface area contributed by atoms with Crippen LogP contribution in [0.1, 0.15) is 21.7 Å². The van der Waals surface area contributed by atoms with Crippen LogP contribution < -0.4 is 4.74 Å². The molecule has 0 amide bonds. The van der Waals surface area contributed by atoms with Gasteiger partial charge in [0.15, 0.2) is 5.82 Å². The minimum absolute atomic E-state index is 0.0375. The fourth-order valence-corrected chi connectivity index (χ4v) is 3.69. The molecule has 0 spiro atoms. The molecule has 0 N–H and O–H groups in total. The van der Waals surface area contributed by atoms with Crippen LogP contribution in [0.2, 0.25) is 0 Å². The summed E-state index contributed by atoms with van der Waals surface area (Å²) in [6, 6.07) is 11.3. The van der Waals surface area contributed by atoms with Gasteiger partial charge in [0.2, 0.25) is 10.0 Å². The van der Waals surface area contributed by atoms with E-state index in [-0.39, 0.29) is 18.1 Å². The van der Waals surface area contributed by atoms with Crippen LogP contribution in [0.25, 0.3) is 5.82 Å². The molecule has 0 saturated heterocycles. The molecule has 3 aromatic rings. The normalized spacial score (nSPS) is 11.5. The summed E-state index contributed by atoms with van der Waals surface area (Å²) in [5.41, 5.74) is 2.16. The van der Waals surface area contributed by atoms with E-state index in [9.17, 15) is 13.2 Å². The lowest BCUT2D eigenvalue weighted by Crippen LogP contribution is -2.22. The van der Waals surface area contributed by atoms with Crippen LogP contribution in [0.3, 0.4) is 0 Å². The van der Waals surface area contributed by atoms with Gasteiger partial charge in [-0.15, -0.1) is 0 Å². The molecule has 10 heteroatoms. The Morgan fingerprint density at radius 1 is 1.06 bits per heavy atom. The number of hydrogen-bond acceptors (Lipinski definition) is 7. The molecule has 0 fully saturated rings. The van der Waals surface area contributed by atoms with E-state index in [1.165, 1.54) is 32.4 Å². The number of carbonyl (C=O) groups excluding carboxylic acids is 1. The van der Waals surface area contributed by atoms with Crippen molar-refractivity contribution in [3.05, 3.63) is 65.6 Å². The number of aryl methyl sites for hydroxylation is 2. The third-order valence-electron chi connectivity index (χ3n) is 4.40. The average Bonchev–Trinajstić information content (AvgIpc) is 3.09. The summed E-state index contributed by atoms with van der Waals surface area (Å²) in [4.78, 5) is 16.6. The minimum Gasteiger partial charge on any atom is -0.490 e. The van der Waals surface area contributed by atoms with Gasteiger partial charge in [-0.05, 0) is 56.3 Å². The number of nitrogens with zero attached hydrogens (tertiary/aromatic N) is 4. The average molecular weight is 445 g/mol. The molecule has 0 aliphatic rings. The summed E-state index contributed by atoms with van der Waals surface area (Å²) < 4.78 is 37.6. The summed E-state index contributed by atoms with van der Waals surface area (Å²) in [5, 5.41) is 4.36. The number of pyridine rings is 1. The lowest BCUT2D eigenvalue weighted by molar-refractivity contribution is 0.0450. The van der Waals surface area contributed by atoms with Crippen LogP contribution in [0, 0.1) is 13.8 Å². The number of benzene rings is 1. The van der Waals surface area contributed by atoms with Crippen molar-refractivity contribution in [3.8, 4) is 11.6 Å². The zero-order valence-electron chi connectivity index (χ0n) is 17.8. The van der Waals surface area contributed by atoms with Gasteiger partial charge in [0.1, 0.15) is 19.0 Å². The van der Waals surface area contributed by atoms with Crippen LogP contribution in [-0.2, 0) is 14.8 Å². The third kappa shape index (κ3) is 5.28. The molecule has 2 heterocycles. The number of esters is 1. The number of rotatable bonds is 8. The Labute approximate surface area is 181 Å². The zero-order valence-corrected chi connectivity index (χ0v) is 18.6. The van der Waals surface area contributed by atoms with Gasteiger partial charge in [0, 0.05) is 26.0 Å². The Kier molecular flexibility index (Phi) is 6.71. The molecule has 0 bridgehead atoms. The van der Waals surface area contributed by atoms with Gasteiger partial charge in [-0.2, -0.15) is 5.10 Å².